The van der Waals surface area contributed by atoms with Crippen molar-refractivity contribution in [3.8, 4) is 11.5 Å². The predicted molar refractivity (Wildman–Crippen MR) is 93.0 cm³/mol. The Morgan fingerprint density at radius 1 is 1.43 bits per heavy atom. The number of thioether (sulfide) groups is 1. The van der Waals surface area contributed by atoms with Gasteiger partial charge in [-0.05, 0) is 42.9 Å². The Kier molecular flexibility index (Phi) is 5.62. The lowest BCUT2D eigenvalue weighted by Crippen LogP contribution is -2.43. The minimum Gasteiger partial charge on any atom is -0.493 e. The van der Waals surface area contributed by atoms with Gasteiger partial charge in [-0.3, -0.25) is 15.0 Å². The summed E-state index contributed by atoms with van der Waals surface area (Å²) in [6, 6.07) is 5.37. The molecule has 0 aliphatic carbocycles. The number of hydrazine groups is 1. The van der Waals surface area contributed by atoms with E-state index >= 15 is 0 Å². The highest BCUT2D eigenvalue weighted by Crippen LogP contribution is 2.34. The van der Waals surface area contributed by atoms with Crippen LogP contribution in [-0.2, 0) is 9.59 Å². The Hall–Kier alpha value is -2.06. The summed E-state index contributed by atoms with van der Waals surface area (Å²) in [4.78, 5) is 23.8. The molecule has 1 aromatic rings. The molecule has 0 radical (unpaired) electrons. The summed E-state index contributed by atoms with van der Waals surface area (Å²) in [5, 5.41) is 1.07. The van der Waals surface area contributed by atoms with Crippen LogP contribution in [0.3, 0.4) is 0 Å². The van der Waals surface area contributed by atoms with Gasteiger partial charge in [0.2, 0.25) is 5.91 Å². The number of ether oxygens (including phenoxy) is 2. The molecule has 0 aromatic heterocycles. The maximum Gasteiger partial charge on any atom is 0.285 e. The minimum absolute atomic E-state index is 0.287. The topological polar surface area (TPSA) is 67.9 Å². The van der Waals surface area contributed by atoms with E-state index in [0.29, 0.717) is 23.0 Å². The van der Waals surface area contributed by atoms with Crippen molar-refractivity contribution in [3.05, 3.63) is 28.7 Å². The van der Waals surface area contributed by atoms with E-state index in [9.17, 15) is 9.59 Å². The normalized spacial score (nSPS) is 16.0. The fourth-order valence-corrected chi connectivity index (χ4v) is 3.10. The number of amides is 2. The second-order valence-electron chi connectivity index (χ2n) is 4.53. The molecule has 1 N–H and O–H groups in total. The number of carbonyl (C=O) groups is 2. The summed E-state index contributed by atoms with van der Waals surface area (Å²) in [5.74, 6) is 0.505. The van der Waals surface area contributed by atoms with Crippen LogP contribution in [0.1, 0.15) is 19.4 Å². The molecule has 1 heterocycles. The molecule has 6 nitrogen and oxygen atoms in total. The molecule has 2 amide bonds. The van der Waals surface area contributed by atoms with Crippen LogP contribution in [0.2, 0.25) is 0 Å². The van der Waals surface area contributed by atoms with E-state index < -0.39 is 0 Å². The van der Waals surface area contributed by atoms with Crippen molar-refractivity contribution in [1.29, 1.82) is 0 Å². The average Bonchev–Trinajstić information content (AvgIpc) is 2.75. The number of rotatable bonds is 5. The lowest BCUT2D eigenvalue weighted by Gasteiger charge is -2.13. The molecule has 122 valence electrons. The van der Waals surface area contributed by atoms with Gasteiger partial charge in [0.25, 0.3) is 5.91 Å². The first-order chi connectivity index (χ1) is 11.0. The SMILES string of the molecule is CCOc1cc(/C=C2\SC(=S)N(NC(C)=O)C2=O)ccc1OC. The van der Waals surface area contributed by atoms with Crippen LogP contribution in [0.5, 0.6) is 11.5 Å². The Balaban J connectivity index is 2.28. The van der Waals surface area contributed by atoms with E-state index in [2.05, 4.69) is 5.43 Å². The highest BCUT2D eigenvalue weighted by Gasteiger charge is 2.33. The quantitative estimate of drug-likeness (QED) is 0.648. The smallest absolute Gasteiger partial charge is 0.285 e. The maximum absolute atomic E-state index is 12.3. The van der Waals surface area contributed by atoms with Crippen LogP contribution in [-0.4, -0.2) is 34.9 Å². The zero-order valence-corrected chi connectivity index (χ0v) is 14.5. The molecule has 0 saturated carbocycles. The fourth-order valence-electron chi connectivity index (χ4n) is 1.92. The van der Waals surface area contributed by atoms with Crippen LogP contribution >= 0.6 is 24.0 Å². The molecule has 0 unspecified atom stereocenters. The third-order valence-electron chi connectivity index (χ3n) is 2.85. The molecule has 1 fully saturated rings. The second-order valence-corrected chi connectivity index (χ2v) is 6.20. The van der Waals surface area contributed by atoms with Crippen LogP contribution in [0.15, 0.2) is 23.1 Å². The van der Waals surface area contributed by atoms with Crippen molar-refractivity contribution in [1.82, 2.24) is 10.4 Å². The number of methoxy groups -OCH3 is 1. The Morgan fingerprint density at radius 3 is 2.78 bits per heavy atom. The predicted octanol–water partition coefficient (Wildman–Crippen LogP) is 2.35. The molecular weight excluding hydrogens is 336 g/mol. The highest BCUT2D eigenvalue weighted by atomic mass is 32.2. The zero-order chi connectivity index (χ0) is 17.0. The van der Waals surface area contributed by atoms with Crippen molar-refractivity contribution >= 4 is 46.2 Å². The van der Waals surface area contributed by atoms with E-state index in [1.807, 2.05) is 13.0 Å². The van der Waals surface area contributed by atoms with Gasteiger partial charge in [-0.15, -0.1) is 0 Å². The van der Waals surface area contributed by atoms with E-state index in [-0.39, 0.29) is 16.1 Å². The number of hydrogen-bond acceptors (Lipinski definition) is 6. The Morgan fingerprint density at radius 2 is 2.17 bits per heavy atom. The van der Waals surface area contributed by atoms with Gasteiger partial charge >= 0.3 is 0 Å². The third kappa shape index (κ3) is 4.02. The first-order valence-electron chi connectivity index (χ1n) is 6.82. The average molecular weight is 352 g/mol. The standard InChI is InChI=1S/C15H16N2O4S2/c1-4-21-12-7-10(5-6-11(12)20-3)8-13-14(19)17(15(22)23-13)16-9(2)18/h5-8H,4H2,1-3H3,(H,16,18)/b13-8-. The molecule has 0 bridgehead atoms. The number of benzene rings is 1. The molecule has 0 spiro atoms. The third-order valence-corrected chi connectivity index (χ3v) is 4.15. The van der Waals surface area contributed by atoms with Gasteiger partial charge in [0.05, 0.1) is 18.6 Å². The van der Waals surface area contributed by atoms with Crippen molar-refractivity contribution < 1.29 is 19.1 Å². The van der Waals surface area contributed by atoms with Crippen LogP contribution < -0.4 is 14.9 Å². The van der Waals surface area contributed by atoms with Crippen molar-refractivity contribution in [2.75, 3.05) is 13.7 Å². The maximum atomic E-state index is 12.3. The lowest BCUT2D eigenvalue weighted by atomic mass is 10.2. The first-order valence-corrected chi connectivity index (χ1v) is 8.04. The fraction of sp³-hybridized carbons (Fsp3) is 0.267. The number of carbonyl (C=O) groups excluding carboxylic acids is 2. The number of thiocarbonyl (C=S) groups is 1. The molecular formula is C15H16N2O4S2. The molecule has 0 atom stereocenters. The van der Waals surface area contributed by atoms with Gasteiger partial charge < -0.3 is 9.47 Å². The lowest BCUT2D eigenvalue weighted by molar-refractivity contribution is -0.131. The van der Waals surface area contributed by atoms with Gasteiger partial charge in [-0.2, -0.15) is 5.01 Å². The summed E-state index contributed by atoms with van der Waals surface area (Å²) in [6.07, 6.45) is 1.70. The first kappa shape index (κ1) is 17.3. The summed E-state index contributed by atoms with van der Waals surface area (Å²) < 4.78 is 11.0. The van der Waals surface area contributed by atoms with Gasteiger partial charge in [-0.25, -0.2) is 0 Å². The monoisotopic (exact) mass is 352 g/mol. The number of nitrogens with one attached hydrogen (secondary N) is 1. The summed E-state index contributed by atoms with van der Waals surface area (Å²) in [7, 11) is 1.57. The summed E-state index contributed by atoms with van der Waals surface area (Å²) >= 11 is 6.23. The summed E-state index contributed by atoms with van der Waals surface area (Å²) in [6.45, 7) is 3.70. The molecule has 1 aliphatic heterocycles. The molecule has 8 heteroatoms. The molecule has 23 heavy (non-hydrogen) atoms. The van der Waals surface area contributed by atoms with Crippen molar-refractivity contribution in [2.24, 2.45) is 0 Å². The largest absolute Gasteiger partial charge is 0.493 e. The van der Waals surface area contributed by atoms with Crippen LogP contribution in [0, 0.1) is 0 Å². The molecule has 1 aliphatic rings. The molecule has 2 rings (SSSR count). The number of nitrogens with zero attached hydrogens (tertiary/aromatic N) is 1. The number of hydrogen-bond donors (Lipinski definition) is 1. The van der Waals surface area contributed by atoms with Gasteiger partial charge in [-0.1, -0.05) is 17.8 Å². The Labute approximate surface area is 143 Å². The second kappa shape index (κ2) is 7.47. The van der Waals surface area contributed by atoms with Gasteiger partial charge in [0.15, 0.2) is 15.8 Å². The van der Waals surface area contributed by atoms with Crippen molar-refractivity contribution in [3.63, 3.8) is 0 Å². The van der Waals surface area contributed by atoms with Crippen molar-refractivity contribution in [2.45, 2.75) is 13.8 Å². The van der Waals surface area contributed by atoms with E-state index in [1.165, 1.54) is 6.92 Å². The van der Waals surface area contributed by atoms with Crippen LogP contribution in [0.25, 0.3) is 6.08 Å². The molecule has 1 aromatic carbocycles. The van der Waals surface area contributed by atoms with Gasteiger partial charge in [0.1, 0.15) is 0 Å². The Bertz CT molecular complexity index is 688. The summed E-state index contributed by atoms with van der Waals surface area (Å²) in [5.41, 5.74) is 3.18. The van der Waals surface area contributed by atoms with E-state index in [4.69, 9.17) is 21.7 Å². The minimum atomic E-state index is -0.357. The van der Waals surface area contributed by atoms with E-state index in [0.717, 1.165) is 22.3 Å². The highest BCUT2D eigenvalue weighted by molar-refractivity contribution is 8.26. The zero-order valence-electron chi connectivity index (χ0n) is 12.9. The van der Waals surface area contributed by atoms with E-state index in [1.54, 1.807) is 25.3 Å². The molecule has 1 saturated heterocycles. The van der Waals surface area contributed by atoms with Crippen LogP contribution in [0.4, 0.5) is 0 Å². The van der Waals surface area contributed by atoms with Gasteiger partial charge in [0, 0.05) is 6.92 Å².